The van der Waals surface area contributed by atoms with Crippen LogP contribution in [0.15, 0.2) is 0 Å². The highest BCUT2D eigenvalue weighted by Gasteiger charge is 2.57. The molecule has 0 aromatic heterocycles. The molecule has 12 heavy (non-hydrogen) atoms. The van der Waals surface area contributed by atoms with Gasteiger partial charge < -0.3 is 10.6 Å². The molecule has 66 valence electrons. The monoisotopic (exact) mass is 166 g/mol. The smallest absolute Gasteiger partial charge is 0.315 e. The van der Waals surface area contributed by atoms with Gasteiger partial charge in [0.25, 0.3) is 0 Å². The molecule has 2 aliphatic carbocycles. The van der Waals surface area contributed by atoms with Gasteiger partial charge in [-0.3, -0.25) is 0 Å². The van der Waals surface area contributed by atoms with E-state index in [9.17, 15) is 4.79 Å². The minimum Gasteiger partial charge on any atom is -0.351 e. The van der Waals surface area contributed by atoms with E-state index in [1.165, 1.54) is 19.3 Å². The summed E-state index contributed by atoms with van der Waals surface area (Å²) in [6.45, 7) is 0.946. The molecule has 0 radical (unpaired) electrons. The van der Waals surface area contributed by atoms with E-state index in [4.69, 9.17) is 5.73 Å². The summed E-state index contributed by atoms with van der Waals surface area (Å²) >= 11 is 0. The number of rotatable bonds is 0. The minimum absolute atomic E-state index is 0.205. The summed E-state index contributed by atoms with van der Waals surface area (Å²) in [5.74, 6) is 2.54. The first kappa shape index (κ1) is 6.75. The van der Waals surface area contributed by atoms with E-state index in [1.807, 2.05) is 4.90 Å². The van der Waals surface area contributed by atoms with Crippen molar-refractivity contribution in [3.63, 3.8) is 0 Å². The molecule has 4 atom stereocenters. The van der Waals surface area contributed by atoms with Gasteiger partial charge in [-0.2, -0.15) is 0 Å². The summed E-state index contributed by atoms with van der Waals surface area (Å²) in [6, 6.07) is 0.338. The van der Waals surface area contributed by atoms with Crippen LogP contribution in [-0.2, 0) is 0 Å². The number of carbonyl (C=O) groups is 1. The van der Waals surface area contributed by atoms with Crippen LogP contribution >= 0.6 is 0 Å². The third-order valence-corrected chi connectivity index (χ3v) is 4.09. The van der Waals surface area contributed by atoms with Gasteiger partial charge in [-0.1, -0.05) is 0 Å². The standard InChI is InChI=1S/C9H14N2O/c10-9(12)11-4-7-5-1-2-6(3-5)8(7)11/h5-8H,1-4H2,(H2,10,12)/t5-,6+,7+,8-/m1/s1. The molecular weight excluding hydrogens is 152 g/mol. The molecule has 1 aliphatic heterocycles. The third kappa shape index (κ3) is 0.609. The van der Waals surface area contributed by atoms with Crippen LogP contribution in [0.3, 0.4) is 0 Å². The van der Waals surface area contributed by atoms with E-state index in [0.29, 0.717) is 6.04 Å². The Morgan fingerprint density at radius 3 is 2.75 bits per heavy atom. The van der Waals surface area contributed by atoms with E-state index in [0.717, 1.165) is 24.3 Å². The molecule has 2 saturated carbocycles. The van der Waals surface area contributed by atoms with Crippen LogP contribution in [0.2, 0.25) is 0 Å². The van der Waals surface area contributed by atoms with Crippen molar-refractivity contribution in [2.24, 2.45) is 23.5 Å². The summed E-state index contributed by atoms with van der Waals surface area (Å²) in [6.07, 6.45) is 4.09. The number of urea groups is 1. The molecule has 1 saturated heterocycles. The quantitative estimate of drug-likeness (QED) is 0.568. The lowest BCUT2D eigenvalue weighted by Gasteiger charge is -2.49. The highest BCUT2D eigenvalue weighted by Crippen LogP contribution is 2.55. The number of hydrogen-bond donors (Lipinski definition) is 1. The van der Waals surface area contributed by atoms with Gasteiger partial charge in [-0.15, -0.1) is 0 Å². The highest BCUT2D eigenvalue weighted by molar-refractivity contribution is 5.73. The van der Waals surface area contributed by atoms with E-state index >= 15 is 0 Å². The van der Waals surface area contributed by atoms with Crippen LogP contribution in [0.4, 0.5) is 4.79 Å². The predicted molar refractivity (Wildman–Crippen MR) is 44.4 cm³/mol. The first-order valence-corrected chi connectivity index (χ1v) is 4.83. The van der Waals surface area contributed by atoms with Crippen LogP contribution < -0.4 is 5.73 Å². The molecule has 1 heterocycles. The van der Waals surface area contributed by atoms with E-state index in [2.05, 4.69) is 0 Å². The summed E-state index contributed by atoms with van der Waals surface area (Å²) in [4.78, 5) is 12.8. The molecule has 3 heteroatoms. The van der Waals surface area contributed by atoms with Crippen molar-refractivity contribution in [1.29, 1.82) is 0 Å². The van der Waals surface area contributed by atoms with Crippen LogP contribution in [-0.4, -0.2) is 23.5 Å². The first-order valence-electron chi connectivity index (χ1n) is 4.83. The Morgan fingerprint density at radius 1 is 1.33 bits per heavy atom. The van der Waals surface area contributed by atoms with Crippen LogP contribution in [0.5, 0.6) is 0 Å². The fourth-order valence-electron chi connectivity index (χ4n) is 3.57. The lowest BCUT2D eigenvalue weighted by atomic mass is 9.77. The van der Waals surface area contributed by atoms with Crippen molar-refractivity contribution in [2.75, 3.05) is 6.54 Å². The van der Waals surface area contributed by atoms with Crippen molar-refractivity contribution in [3.05, 3.63) is 0 Å². The van der Waals surface area contributed by atoms with Crippen molar-refractivity contribution < 1.29 is 4.79 Å². The molecule has 3 aliphatic rings. The normalized spacial score (nSPS) is 48.8. The average molecular weight is 166 g/mol. The largest absolute Gasteiger partial charge is 0.351 e. The SMILES string of the molecule is NC(=O)N1C[C@H]2[C@@H]3CC[C@@H](C3)[C@H]21. The molecule has 0 unspecified atom stereocenters. The van der Waals surface area contributed by atoms with E-state index in [-0.39, 0.29) is 6.03 Å². The molecule has 3 rings (SSSR count). The van der Waals surface area contributed by atoms with Crippen molar-refractivity contribution in [3.8, 4) is 0 Å². The number of likely N-dealkylation sites (tertiary alicyclic amines) is 1. The third-order valence-electron chi connectivity index (χ3n) is 4.09. The van der Waals surface area contributed by atoms with E-state index in [1.54, 1.807) is 0 Å². The zero-order chi connectivity index (χ0) is 8.29. The summed E-state index contributed by atoms with van der Waals surface area (Å²) in [5, 5.41) is 0. The lowest BCUT2D eigenvalue weighted by Crippen LogP contribution is -2.62. The molecule has 0 aromatic carbocycles. The maximum absolute atomic E-state index is 10.9. The average Bonchev–Trinajstić information content (AvgIpc) is 2.40. The minimum atomic E-state index is -0.205. The Bertz CT molecular complexity index is 239. The molecule has 2 bridgehead atoms. The molecule has 3 fully saturated rings. The predicted octanol–water partition coefficient (Wildman–Crippen LogP) is 0.795. The Labute approximate surface area is 71.9 Å². The van der Waals surface area contributed by atoms with Crippen LogP contribution in [0, 0.1) is 17.8 Å². The zero-order valence-electron chi connectivity index (χ0n) is 7.07. The van der Waals surface area contributed by atoms with Gasteiger partial charge in [-0.25, -0.2) is 4.79 Å². The Kier molecular flexibility index (Phi) is 1.10. The zero-order valence-corrected chi connectivity index (χ0v) is 7.07. The number of amides is 2. The Hall–Kier alpha value is -0.730. The number of carbonyl (C=O) groups excluding carboxylic acids is 1. The van der Waals surface area contributed by atoms with E-state index < -0.39 is 0 Å². The second-order valence-corrected chi connectivity index (χ2v) is 4.48. The van der Waals surface area contributed by atoms with Crippen LogP contribution in [0.25, 0.3) is 0 Å². The Morgan fingerprint density at radius 2 is 2.08 bits per heavy atom. The van der Waals surface area contributed by atoms with Crippen molar-refractivity contribution >= 4 is 6.03 Å². The summed E-state index contributed by atoms with van der Waals surface area (Å²) in [7, 11) is 0. The highest BCUT2D eigenvalue weighted by atomic mass is 16.2. The number of hydrogen-bond acceptors (Lipinski definition) is 1. The summed E-state index contributed by atoms with van der Waals surface area (Å²) in [5.41, 5.74) is 5.27. The fourth-order valence-corrected chi connectivity index (χ4v) is 3.57. The molecule has 2 amide bonds. The van der Waals surface area contributed by atoms with Gasteiger partial charge in [0.1, 0.15) is 0 Å². The number of primary amides is 1. The Balaban J connectivity index is 1.82. The number of nitrogens with zero attached hydrogens (tertiary/aromatic N) is 1. The topological polar surface area (TPSA) is 46.3 Å². The van der Waals surface area contributed by atoms with Gasteiger partial charge in [0.15, 0.2) is 0 Å². The maximum Gasteiger partial charge on any atom is 0.315 e. The number of nitrogens with two attached hydrogens (primary N) is 1. The lowest BCUT2D eigenvalue weighted by molar-refractivity contribution is 0.0159. The number of fused-ring (bicyclic) bond motifs is 5. The van der Waals surface area contributed by atoms with Crippen LogP contribution in [0.1, 0.15) is 19.3 Å². The van der Waals surface area contributed by atoms with Crippen molar-refractivity contribution in [1.82, 2.24) is 4.90 Å². The maximum atomic E-state index is 10.9. The molecule has 3 nitrogen and oxygen atoms in total. The molecule has 0 aromatic rings. The second-order valence-electron chi connectivity index (χ2n) is 4.48. The first-order chi connectivity index (χ1) is 5.77. The van der Waals surface area contributed by atoms with Gasteiger partial charge in [0.05, 0.1) is 0 Å². The fraction of sp³-hybridized carbons (Fsp3) is 0.889. The molecular formula is C9H14N2O. The van der Waals surface area contributed by atoms with Gasteiger partial charge in [-0.05, 0) is 31.1 Å². The van der Waals surface area contributed by atoms with Gasteiger partial charge >= 0.3 is 6.03 Å². The molecule has 2 N–H and O–H groups in total. The second kappa shape index (κ2) is 1.95. The molecule has 0 spiro atoms. The van der Waals surface area contributed by atoms with Gasteiger partial charge in [0.2, 0.25) is 0 Å². The van der Waals surface area contributed by atoms with Gasteiger partial charge in [0, 0.05) is 18.5 Å². The summed E-state index contributed by atoms with van der Waals surface area (Å²) < 4.78 is 0. The van der Waals surface area contributed by atoms with Crippen molar-refractivity contribution in [2.45, 2.75) is 25.3 Å².